The van der Waals surface area contributed by atoms with E-state index in [0.29, 0.717) is 16.8 Å². The lowest BCUT2D eigenvalue weighted by molar-refractivity contribution is 0.0706. The molecule has 90 valence electrons. The maximum atomic E-state index is 13.1. The van der Waals surface area contributed by atoms with Crippen molar-refractivity contribution in [2.75, 3.05) is 32.2 Å². The second-order valence-corrected chi connectivity index (χ2v) is 3.84. The zero-order chi connectivity index (χ0) is 12.0. The molecule has 0 saturated heterocycles. The van der Waals surface area contributed by atoms with Crippen molar-refractivity contribution in [3.05, 3.63) is 22.4 Å². The Kier molecular flexibility index (Phi) is 5.51. The maximum absolute atomic E-state index is 13.1. The standard InChI is InChI=1S/C10H13BrFNO3/c11-7-5-9(13)10(6-8(7)12)16-4-3-15-2-1-14/h5-6,14H,1-4,13H2. The topological polar surface area (TPSA) is 64.7 Å². The monoisotopic (exact) mass is 293 g/mol. The van der Waals surface area contributed by atoms with Crippen LogP contribution in [-0.4, -0.2) is 31.5 Å². The molecule has 0 bridgehead atoms. The van der Waals surface area contributed by atoms with Crippen LogP contribution in [0.5, 0.6) is 5.75 Å². The van der Waals surface area contributed by atoms with Crippen LogP contribution in [-0.2, 0) is 4.74 Å². The van der Waals surface area contributed by atoms with E-state index in [1.54, 1.807) is 0 Å². The summed E-state index contributed by atoms with van der Waals surface area (Å²) in [6.45, 7) is 0.797. The molecule has 1 aromatic rings. The highest BCUT2D eigenvalue weighted by Crippen LogP contribution is 2.28. The fraction of sp³-hybridized carbons (Fsp3) is 0.400. The highest BCUT2D eigenvalue weighted by molar-refractivity contribution is 9.10. The number of aliphatic hydroxyl groups is 1. The molecule has 0 aliphatic carbocycles. The van der Waals surface area contributed by atoms with E-state index in [4.69, 9.17) is 20.3 Å². The normalized spacial score (nSPS) is 10.4. The second kappa shape index (κ2) is 6.67. The summed E-state index contributed by atoms with van der Waals surface area (Å²) < 4.78 is 23.6. The van der Waals surface area contributed by atoms with E-state index in [0.717, 1.165) is 0 Å². The predicted molar refractivity (Wildman–Crippen MR) is 61.9 cm³/mol. The third kappa shape index (κ3) is 3.96. The van der Waals surface area contributed by atoms with Crippen molar-refractivity contribution >= 4 is 21.6 Å². The Hall–Kier alpha value is -0.850. The molecule has 0 aromatic heterocycles. The van der Waals surface area contributed by atoms with Gasteiger partial charge in [0.05, 0.1) is 30.0 Å². The van der Waals surface area contributed by atoms with Gasteiger partial charge in [-0.2, -0.15) is 0 Å². The summed E-state index contributed by atoms with van der Waals surface area (Å²) in [5.41, 5.74) is 5.99. The molecule has 4 nitrogen and oxygen atoms in total. The molecule has 0 fully saturated rings. The molecule has 1 rings (SSSR count). The lowest BCUT2D eigenvalue weighted by atomic mass is 10.3. The van der Waals surface area contributed by atoms with Gasteiger partial charge in [-0.05, 0) is 22.0 Å². The molecule has 1 aromatic carbocycles. The summed E-state index contributed by atoms with van der Waals surface area (Å²) in [7, 11) is 0. The molecular weight excluding hydrogens is 281 g/mol. The summed E-state index contributed by atoms with van der Waals surface area (Å²) in [5.74, 6) is -0.145. The lowest BCUT2D eigenvalue weighted by Crippen LogP contribution is -2.10. The Morgan fingerprint density at radius 3 is 2.75 bits per heavy atom. The van der Waals surface area contributed by atoms with E-state index in [9.17, 15) is 4.39 Å². The van der Waals surface area contributed by atoms with Gasteiger partial charge in [-0.3, -0.25) is 0 Å². The minimum atomic E-state index is -0.430. The first-order valence-electron chi connectivity index (χ1n) is 4.71. The maximum Gasteiger partial charge on any atom is 0.145 e. The van der Waals surface area contributed by atoms with Gasteiger partial charge in [-0.15, -0.1) is 0 Å². The van der Waals surface area contributed by atoms with E-state index < -0.39 is 5.82 Å². The minimum absolute atomic E-state index is 0.0327. The molecule has 0 saturated carbocycles. The summed E-state index contributed by atoms with van der Waals surface area (Å²) in [4.78, 5) is 0. The molecule has 0 aliphatic rings. The predicted octanol–water partition coefficient (Wildman–Crippen LogP) is 1.56. The van der Waals surface area contributed by atoms with Crippen LogP contribution in [0.2, 0.25) is 0 Å². The average molecular weight is 294 g/mol. The van der Waals surface area contributed by atoms with E-state index in [1.807, 2.05) is 0 Å². The number of rotatable bonds is 6. The number of anilines is 1. The fourth-order valence-electron chi connectivity index (χ4n) is 1.05. The minimum Gasteiger partial charge on any atom is -0.489 e. The summed E-state index contributed by atoms with van der Waals surface area (Å²) in [6.07, 6.45) is 0. The van der Waals surface area contributed by atoms with Gasteiger partial charge in [0.2, 0.25) is 0 Å². The number of aliphatic hydroxyl groups excluding tert-OH is 1. The van der Waals surface area contributed by atoms with Crippen LogP contribution in [0.15, 0.2) is 16.6 Å². The van der Waals surface area contributed by atoms with Crippen LogP contribution >= 0.6 is 15.9 Å². The fourth-order valence-corrected chi connectivity index (χ4v) is 1.41. The SMILES string of the molecule is Nc1cc(Br)c(F)cc1OCCOCCO. The van der Waals surface area contributed by atoms with Crippen molar-refractivity contribution in [2.24, 2.45) is 0 Å². The van der Waals surface area contributed by atoms with Gasteiger partial charge in [0, 0.05) is 6.07 Å². The summed E-state index contributed by atoms with van der Waals surface area (Å²) >= 11 is 3.02. The molecule has 0 atom stereocenters. The van der Waals surface area contributed by atoms with Crippen LogP contribution < -0.4 is 10.5 Å². The smallest absolute Gasteiger partial charge is 0.145 e. The quantitative estimate of drug-likeness (QED) is 0.617. The van der Waals surface area contributed by atoms with Crippen molar-refractivity contribution in [1.82, 2.24) is 0 Å². The molecule has 0 unspecified atom stereocenters. The van der Waals surface area contributed by atoms with Gasteiger partial charge in [0.1, 0.15) is 18.2 Å². The van der Waals surface area contributed by atoms with E-state index in [2.05, 4.69) is 15.9 Å². The number of benzene rings is 1. The number of halogens is 2. The Morgan fingerprint density at radius 1 is 1.31 bits per heavy atom. The van der Waals surface area contributed by atoms with Crippen LogP contribution in [0.3, 0.4) is 0 Å². The Bertz CT molecular complexity index is 349. The van der Waals surface area contributed by atoms with Crippen LogP contribution in [0, 0.1) is 5.82 Å². The van der Waals surface area contributed by atoms with Gasteiger partial charge >= 0.3 is 0 Å². The molecular formula is C10H13BrFNO3. The first kappa shape index (κ1) is 13.2. The number of ether oxygens (including phenoxy) is 2. The van der Waals surface area contributed by atoms with Crippen LogP contribution in [0.25, 0.3) is 0 Å². The van der Waals surface area contributed by atoms with Gasteiger partial charge in [-0.1, -0.05) is 0 Å². The molecule has 3 N–H and O–H groups in total. The van der Waals surface area contributed by atoms with Gasteiger partial charge < -0.3 is 20.3 Å². The highest BCUT2D eigenvalue weighted by Gasteiger charge is 2.06. The van der Waals surface area contributed by atoms with Gasteiger partial charge in [0.15, 0.2) is 0 Å². The Morgan fingerprint density at radius 2 is 2.06 bits per heavy atom. The zero-order valence-electron chi connectivity index (χ0n) is 8.58. The third-order valence-electron chi connectivity index (χ3n) is 1.77. The largest absolute Gasteiger partial charge is 0.489 e. The third-order valence-corrected chi connectivity index (χ3v) is 2.38. The molecule has 6 heteroatoms. The van der Waals surface area contributed by atoms with Gasteiger partial charge in [0.25, 0.3) is 0 Å². The molecule has 0 aliphatic heterocycles. The molecule has 0 spiro atoms. The van der Waals surface area contributed by atoms with Crippen molar-refractivity contribution in [3.8, 4) is 5.75 Å². The summed E-state index contributed by atoms with van der Waals surface area (Å²) in [5, 5.41) is 8.45. The number of hydrogen-bond donors (Lipinski definition) is 2. The van der Waals surface area contributed by atoms with Crippen molar-refractivity contribution in [2.45, 2.75) is 0 Å². The average Bonchev–Trinajstić information content (AvgIpc) is 2.25. The van der Waals surface area contributed by atoms with Gasteiger partial charge in [-0.25, -0.2) is 4.39 Å². The van der Waals surface area contributed by atoms with Crippen molar-refractivity contribution < 1.29 is 19.0 Å². The highest BCUT2D eigenvalue weighted by atomic mass is 79.9. The zero-order valence-corrected chi connectivity index (χ0v) is 10.2. The van der Waals surface area contributed by atoms with E-state index in [1.165, 1.54) is 12.1 Å². The lowest BCUT2D eigenvalue weighted by Gasteiger charge is -2.09. The second-order valence-electron chi connectivity index (χ2n) is 2.99. The molecule has 0 radical (unpaired) electrons. The Balaban J connectivity index is 2.45. The van der Waals surface area contributed by atoms with Crippen LogP contribution in [0.4, 0.5) is 10.1 Å². The number of nitrogen functional groups attached to an aromatic ring is 1. The Labute approximate surface area is 101 Å². The first-order valence-corrected chi connectivity index (χ1v) is 5.50. The van der Waals surface area contributed by atoms with Crippen molar-refractivity contribution in [1.29, 1.82) is 0 Å². The molecule has 0 heterocycles. The van der Waals surface area contributed by atoms with Crippen molar-refractivity contribution in [3.63, 3.8) is 0 Å². The molecule has 16 heavy (non-hydrogen) atoms. The van der Waals surface area contributed by atoms with E-state index >= 15 is 0 Å². The van der Waals surface area contributed by atoms with E-state index in [-0.39, 0.29) is 25.6 Å². The first-order chi connectivity index (χ1) is 7.65. The van der Waals surface area contributed by atoms with Crippen LogP contribution in [0.1, 0.15) is 0 Å². The molecule has 0 amide bonds. The number of nitrogens with two attached hydrogens (primary N) is 1. The number of hydrogen-bond acceptors (Lipinski definition) is 4. The summed E-state index contributed by atoms with van der Waals surface area (Å²) in [6, 6.07) is 2.66.